The van der Waals surface area contributed by atoms with Gasteiger partial charge in [-0.15, -0.1) is 0 Å². The van der Waals surface area contributed by atoms with Gasteiger partial charge in [-0.25, -0.2) is 9.18 Å². The number of carbonyl (C=O) groups excluding carboxylic acids is 2. The second-order valence-electron chi connectivity index (χ2n) is 3.52. The van der Waals surface area contributed by atoms with Gasteiger partial charge in [0.2, 0.25) is 5.90 Å². The van der Waals surface area contributed by atoms with Gasteiger partial charge in [-0.1, -0.05) is 6.07 Å². The van der Waals surface area contributed by atoms with E-state index in [9.17, 15) is 14.0 Å². The molecule has 1 aromatic carbocycles. The largest absolute Gasteiger partial charge is 0.463 e. The third-order valence-electron chi connectivity index (χ3n) is 2.24. The lowest BCUT2D eigenvalue weighted by Crippen LogP contribution is -2.30. The van der Waals surface area contributed by atoms with Crippen LogP contribution in [0.5, 0.6) is 0 Å². The highest BCUT2D eigenvalue weighted by molar-refractivity contribution is 6.14. The average molecular weight is 251 g/mol. The maximum Gasteiger partial charge on any atom is 0.357 e. The van der Waals surface area contributed by atoms with Crippen LogP contribution in [0, 0.1) is 5.82 Å². The molecule has 94 valence electrons. The molecule has 5 nitrogen and oxygen atoms in total. The molecule has 0 aliphatic carbocycles. The average Bonchev–Trinajstić information content (AvgIpc) is 2.72. The summed E-state index contributed by atoms with van der Waals surface area (Å²) in [5.41, 5.74) is 0.301. The molecule has 1 heterocycles. The van der Waals surface area contributed by atoms with E-state index >= 15 is 0 Å². The maximum atomic E-state index is 13.0. The van der Waals surface area contributed by atoms with Crippen LogP contribution in [0.4, 0.5) is 4.39 Å². The molecule has 0 radical (unpaired) electrons. The quantitative estimate of drug-likeness (QED) is 0.595. The van der Waals surface area contributed by atoms with Crippen LogP contribution in [0.3, 0.4) is 0 Å². The van der Waals surface area contributed by atoms with E-state index in [1.807, 2.05) is 0 Å². The zero-order valence-electron chi connectivity index (χ0n) is 9.55. The van der Waals surface area contributed by atoms with Crippen LogP contribution >= 0.6 is 0 Å². The van der Waals surface area contributed by atoms with Gasteiger partial charge in [-0.3, -0.25) is 4.79 Å². The molecule has 0 fully saturated rings. The highest BCUT2D eigenvalue weighted by Gasteiger charge is 2.37. The van der Waals surface area contributed by atoms with Crippen molar-refractivity contribution in [2.75, 3.05) is 6.61 Å². The van der Waals surface area contributed by atoms with E-state index < -0.39 is 23.8 Å². The number of aliphatic imine (C=N–C) groups is 1. The van der Waals surface area contributed by atoms with Gasteiger partial charge < -0.3 is 9.47 Å². The molecule has 1 aliphatic rings. The van der Waals surface area contributed by atoms with Crippen LogP contribution in [0.15, 0.2) is 29.3 Å². The number of nitrogens with zero attached hydrogens (tertiary/aromatic N) is 1. The van der Waals surface area contributed by atoms with E-state index in [1.54, 1.807) is 6.92 Å². The molecule has 0 spiro atoms. The standard InChI is InChI=1S/C12H10FNO4/c1-2-17-12(16)9-10(15)14-11(18-9)7-4-3-5-8(13)6-7/h3-6,9H,2H2,1H3. The van der Waals surface area contributed by atoms with Crippen LogP contribution < -0.4 is 0 Å². The SMILES string of the molecule is CCOC(=O)C1OC(c2cccc(F)c2)=NC1=O. The molecule has 1 atom stereocenters. The van der Waals surface area contributed by atoms with Gasteiger partial charge in [0.15, 0.2) is 0 Å². The molecule has 0 saturated carbocycles. The lowest BCUT2D eigenvalue weighted by molar-refractivity contribution is -0.154. The predicted molar refractivity (Wildman–Crippen MR) is 59.5 cm³/mol. The summed E-state index contributed by atoms with van der Waals surface area (Å²) in [6.45, 7) is 1.76. The molecule has 0 bridgehead atoms. The van der Waals surface area contributed by atoms with Gasteiger partial charge in [0.1, 0.15) is 5.82 Å². The van der Waals surface area contributed by atoms with Crippen molar-refractivity contribution >= 4 is 17.8 Å². The summed E-state index contributed by atoms with van der Waals surface area (Å²) in [5.74, 6) is -2.09. The lowest BCUT2D eigenvalue weighted by Gasteiger charge is -2.08. The minimum absolute atomic E-state index is 0.0717. The van der Waals surface area contributed by atoms with Crippen molar-refractivity contribution in [3.63, 3.8) is 0 Å². The summed E-state index contributed by atoms with van der Waals surface area (Å²) >= 11 is 0. The molecule has 6 heteroatoms. The van der Waals surface area contributed by atoms with Gasteiger partial charge in [0.05, 0.1) is 6.61 Å². The third kappa shape index (κ3) is 2.37. The van der Waals surface area contributed by atoms with Crippen LogP contribution in [-0.4, -0.2) is 30.5 Å². The fourth-order valence-corrected chi connectivity index (χ4v) is 1.47. The minimum atomic E-state index is -1.39. The molecule has 1 amide bonds. The number of benzene rings is 1. The number of hydrogen-bond acceptors (Lipinski definition) is 4. The Morgan fingerprint density at radius 1 is 1.56 bits per heavy atom. The number of carbonyl (C=O) groups is 2. The number of ether oxygens (including phenoxy) is 2. The van der Waals surface area contributed by atoms with Crippen molar-refractivity contribution < 1.29 is 23.5 Å². The second-order valence-corrected chi connectivity index (χ2v) is 3.52. The number of esters is 1. The van der Waals surface area contributed by atoms with E-state index in [2.05, 4.69) is 9.73 Å². The number of halogens is 1. The number of amides is 1. The first-order chi connectivity index (χ1) is 8.61. The Balaban J connectivity index is 2.17. The Bertz CT molecular complexity index is 527. The highest BCUT2D eigenvalue weighted by Crippen LogP contribution is 2.15. The van der Waals surface area contributed by atoms with Gasteiger partial charge >= 0.3 is 11.9 Å². The molecule has 18 heavy (non-hydrogen) atoms. The smallest absolute Gasteiger partial charge is 0.357 e. The van der Waals surface area contributed by atoms with Gasteiger partial charge in [0.25, 0.3) is 6.10 Å². The monoisotopic (exact) mass is 251 g/mol. The summed E-state index contributed by atoms with van der Waals surface area (Å²) in [4.78, 5) is 26.4. The Morgan fingerprint density at radius 3 is 3.00 bits per heavy atom. The lowest BCUT2D eigenvalue weighted by atomic mass is 10.2. The van der Waals surface area contributed by atoms with E-state index in [0.717, 1.165) is 0 Å². The zero-order valence-corrected chi connectivity index (χ0v) is 9.55. The Labute approximate surface area is 102 Å². The molecule has 0 saturated heterocycles. The number of rotatable bonds is 3. The van der Waals surface area contributed by atoms with E-state index in [4.69, 9.17) is 4.74 Å². The normalized spacial score (nSPS) is 18.2. The van der Waals surface area contributed by atoms with Crippen LogP contribution in [-0.2, 0) is 19.1 Å². The van der Waals surface area contributed by atoms with Crippen molar-refractivity contribution in [2.45, 2.75) is 13.0 Å². The van der Waals surface area contributed by atoms with Crippen molar-refractivity contribution in [3.8, 4) is 0 Å². The summed E-state index contributed by atoms with van der Waals surface area (Å²) in [7, 11) is 0. The first kappa shape index (κ1) is 12.2. The number of hydrogen-bond donors (Lipinski definition) is 0. The van der Waals surface area contributed by atoms with Crippen molar-refractivity contribution in [1.29, 1.82) is 0 Å². The minimum Gasteiger partial charge on any atom is -0.463 e. The topological polar surface area (TPSA) is 65.0 Å². The zero-order chi connectivity index (χ0) is 13.1. The molecule has 2 rings (SSSR count). The summed E-state index contributed by atoms with van der Waals surface area (Å²) in [6, 6.07) is 5.41. The maximum absolute atomic E-state index is 13.0. The molecule has 0 N–H and O–H groups in total. The fraction of sp³-hybridized carbons (Fsp3) is 0.250. The molecular formula is C12H10FNO4. The first-order valence-corrected chi connectivity index (χ1v) is 5.33. The van der Waals surface area contributed by atoms with Crippen molar-refractivity contribution in [1.82, 2.24) is 0 Å². The molecular weight excluding hydrogens is 241 g/mol. The van der Waals surface area contributed by atoms with Gasteiger partial charge in [0, 0.05) is 5.56 Å². The summed E-state index contributed by atoms with van der Waals surface area (Å²) < 4.78 is 22.8. The molecule has 1 unspecified atom stereocenters. The van der Waals surface area contributed by atoms with E-state index in [1.165, 1.54) is 24.3 Å². The highest BCUT2D eigenvalue weighted by atomic mass is 19.1. The Kier molecular flexibility index (Phi) is 3.36. The van der Waals surface area contributed by atoms with E-state index in [0.29, 0.717) is 5.56 Å². The molecule has 1 aliphatic heterocycles. The van der Waals surface area contributed by atoms with Gasteiger partial charge in [-0.05, 0) is 25.1 Å². The van der Waals surface area contributed by atoms with Gasteiger partial charge in [-0.2, -0.15) is 4.99 Å². The summed E-state index contributed by atoms with van der Waals surface area (Å²) in [6.07, 6.45) is -1.39. The summed E-state index contributed by atoms with van der Waals surface area (Å²) in [5, 5.41) is 0. The van der Waals surface area contributed by atoms with E-state index in [-0.39, 0.29) is 12.5 Å². The first-order valence-electron chi connectivity index (χ1n) is 5.33. The molecule has 1 aromatic rings. The van der Waals surface area contributed by atoms with Crippen molar-refractivity contribution in [3.05, 3.63) is 35.6 Å². The fourth-order valence-electron chi connectivity index (χ4n) is 1.47. The predicted octanol–water partition coefficient (Wildman–Crippen LogP) is 1.06. The molecule has 0 aromatic heterocycles. The second kappa shape index (κ2) is 4.95. The Morgan fingerprint density at radius 2 is 2.33 bits per heavy atom. The Hall–Kier alpha value is -2.24. The van der Waals surface area contributed by atoms with Crippen molar-refractivity contribution in [2.24, 2.45) is 4.99 Å². The van der Waals surface area contributed by atoms with Crippen LogP contribution in [0.2, 0.25) is 0 Å². The van der Waals surface area contributed by atoms with Crippen LogP contribution in [0.25, 0.3) is 0 Å². The third-order valence-corrected chi connectivity index (χ3v) is 2.24. The van der Waals surface area contributed by atoms with Crippen LogP contribution in [0.1, 0.15) is 12.5 Å².